The number of methoxy groups -OCH3 is 1. The van der Waals surface area contributed by atoms with Crippen LogP contribution in [0.25, 0.3) is 0 Å². The van der Waals surface area contributed by atoms with Gasteiger partial charge >= 0.3 is 0 Å². The second-order valence-electron chi connectivity index (χ2n) is 28.4. The lowest BCUT2D eigenvalue weighted by Crippen LogP contribution is -2.65. The highest BCUT2D eigenvalue weighted by Gasteiger charge is 2.57. The van der Waals surface area contributed by atoms with Crippen LogP contribution in [-0.4, -0.2) is 438 Å². The molecule has 0 aromatic heterocycles. The maximum atomic E-state index is 13.5. The number of ether oxygens (including phenoxy) is 1. The highest BCUT2D eigenvalue weighted by molar-refractivity contribution is 7.91. The summed E-state index contributed by atoms with van der Waals surface area (Å²) in [5.41, 5.74) is 0. The molecule has 4 saturated carbocycles. The molecule has 113 heavy (non-hydrogen) atoms. The van der Waals surface area contributed by atoms with Crippen LogP contribution in [0.2, 0.25) is 0 Å². The van der Waals surface area contributed by atoms with E-state index in [-0.39, 0.29) is 82.8 Å². The molecule has 55 heteroatoms. The Morgan fingerprint density at radius 3 is 0.655 bits per heavy atom. The van der Waals surface area contributed by atoms with Gasteiger partial charge in [-0.25, -0.2) is 12.6 Å². The van der Waals surface area contributed by atoms with Crippen molar-refractivity contribution in [3.63, 3.8) is 0 Å². The molecule has 0 radical (unpaired) electrons. The first kappa shape index (κ1) is 104. The van der Waals surface area contributed by atoms with E-state index < -0.39 is 348 Å². The standard InChI is InChI=1S/C58H110O47S8/c1-99-52-43(74)36(67)33(64)37(68)45(76)54(50(52)81)101-109(89,90)22-15-6-7-16-23-111(93,94)103-56-47(78)39(70)34(65)38(69)46(77)55(51(56)82)102-110(91,92)21-13-5-4-11-19-107(85,86)26-27-28(59)30(61)35(66)44(75)53(42(73)29(27)60)100-108(87,88)20-14-8-9-17-25-113(97,98)105-58-49(80)41(72)32(63)31(62)40(71)48(79)57(58)104-112(95,96)24-12-3-2-10-18-106(83)84/h27-82H,2-26H2,1H3,(H,83,84). The summed E-state index contributed by atoms with van der Waals surface area (Å²) < 4.78 is 240. The van der Waals surface area contributed by atoms with Gasteiger partial charge in [-0.05, 0) is 51.4 Å². The molecule has 4 aliphatic carbocycles. The normalized spacial score (nSPS) is 38.4. The highest BCUT2D eigenvalue weighted by Crippen LogP contribution is 2.34. The van der Waals surface area contributed by atoms with E-state index in [2.05, 4.69) is 0 Å². The molecule has 0 amide bonds. The molecule has 47 nitrogen and oxygen atoms in total. The molecule has 0 aromatic carbocycles. The summed E-state index contributed by atoms with van der Waals surface area (Å²) in [6.45, 7) is 0. The van der Waals surface area contributed by atoms with E-state index in [0.717, 1.165) is 7.11 Å². The lowest BCUT2D eigenvalue weighted by atomic mass is 9.80. The van der Waals surface area contributed by atoms with Gasteiger partial charge in [0, 0.05) is 18.8 Å². The van der Waals surface area contributed by atoms with Gasteiger partial charge in [0.15, 0.2) is 20.9 Å². The third kappa shape index (κ3) is 30.5. The minimum absolute atomic E-state index is 0.116. The van der Waals surface area contributed by atoms with Gasteiger partial charge < -0.3 is 132 Å². The summed E-state index contributed by atoms with van der Waals surface area (Å²) in [5, 5.41) is 257. The molecular formula is C58H110O47S8. The lowest BCUT2D eigenvalue weighted by Gasteiger charge is -2.42. The van der Waals surface area contributed by atoms with Crippen LogP contribution in [0, 0.1) is 5.92 Å². The van der Waals surface area contributed by atoms with Gasteiger partial charge in [0.1, 0.15) is 177 Å². The summed E-state index contributed by atoms with van der Waals surface area (Å²) in [7, 11) is -33.4. The van der Waals surface area contributed by atoms with E-state index in [4.69, 9.17) is 34.4 Å². The number of aliphatic hydroxyl groups excluding tert-OH is 24. The molecule has 33 unspecified atom stereocenters. The average molecular weight is 1820 g/mol. The van der Waals surface area contributed by atoms with Crippen molar-refractivity contribution in [1.29, 1.82) is 0 Å². The summed E-state index contributed by atoms with van der Waals surface area (Å²) in [4.78, 5) is 0. The van der Waals surface area contributed by atoms with Crippen molar-refractivity contribution in [3.05, 3.63) is 0 Å². The summed E-state index contributed by atoms with van der Waals surface area (Å²) >= 11 is -2.12. The van der Waals surface area contributed by atoms with Crippen LogP contribution < -0.4 is 0 Å². The van der Waals surface area contributed by atoms with Crippen molar-refractivity contribution >= 4 is 81.6 Å². The fourth-order valence-corrected chi connectivity index (χ4v) is 22.5. The van der Waals surface area contributed by atoms with Gasteiger partial charge in [0.25, 0.3) is 60.7 Å². The van der Waals surface area contributed by atoms with Crippen LogP contribution >= 0.6 is 0 Å². The van der Waals surface area contributed by atoms with Gasteiger partial charge in [-0.2, -0.15) is 50.5 Å². The summed E-state index contributed by atoms with van der Waals surface area (Å²) in [6, 6.07) is 0. The largest absolute Gasteiger partial charge is 0.390 e. The molecule has 4 rings (SSSR count). The maximum Gasteiger partial charge on any atom is 0.267 e. The predicted octanol–water partition coefficient (Wildman–Crippen LogP) is -14.5. The third-order valence-electron chi connectivity index (χ3n) is 19.6. The van der Waals surface area contributed by atoms with E-state index in [1.165, 1.54) is 0 Å². The Hall–Kier alpha value is -1.48. The zero-order valence-corrected chi connectivity index (χ0v) is 67.1. The summed E-state index contributed by atoms with van der Waals surface area (Å²) in [6.07, 6.45) is -81.1. The smallest absolute Gasteiger partial charge is 0.267 e. The molecule has 0 spiro atoms. The molecule has 33 atom stereocenters. The lowest BCUT2D eigenvalue weighted by molar-refractivity contribution is -0.223. The topological polar surface area (TPSA) is 826 Å². The van der Waals surface area contributed by atoms with Crippen LogP contribution in [0.1, 0.15) is 103 Å². The Morgan fingerprint density at radius 1 is 0.221 bits per heavy atom. The Morgan fingerprint density at radius 2 is 0.398 bits per heavy atom. The third-order valence-corrected chi connectivity index (χ3v) is 29.9. The highest BCUT2D eigenvalue weighted by atomic mass is 32.2. The predicted molar refractivity (Wildman–Crippen MR) is 379 cm³/mol. The van der Waals surface area contributed by atoms with Crippen LogP contribution in [0.4, 0.5) is 0 Å². The molecule has 0 bridgehead atoms. The van der Waals surface area contributed by atoms with Crippen LogP contribution in [0.5, 0.6) is 0 Å². The average Bonchev–Trinajstić information content (AvgIpc) is 0.798. The molecule has 672 valence electrons. The number of aliphatic hydroxyl groups is 24. The van der Waals surface area contributed by atoms with E-state index in [0.29, 0.717) is 0 Å². The van der Waals surface area contributed by atoms with E-state index in [9.17, 15) is 186 Å². The minimum atomic E-state index is -5.07. The number of rotatable bonds is 43. The second kappa shape index (κ2) is 45.1. The maximum absolute atomic E-state index is 13.5. The molecule has 4 aliphatic rings. The molecule has 0 heterocycles. The molecule has 25 N–H and O–H groups in total. The first-order chi connectivity index (χ1) is 52.0. The number of hydrogen-bond acceptors (Lipinski definition) is 46. The van der Waals surface area contributed by atoms with Crippen molar-refractivity contribution in [2.24, 2.45) is 5.92 Å². The quantitative estimate of drug-likeness (QED) is 0.0153. The van der Waals surface area contributed by atoms with Gasteiger partial charge in [-0.1, -0.05) is 51.4 Å². The van der Waals surface area contributed by atoms with Crippen LogP contribution in [0.3, 0.4) is 0 Å². The first-order valence-corrected chi connectivity index (χ1v) is 48.2. The van der Waals surface area contributed by atoms with Crippen LogP contribution in [0.15, 0.2) is 0 Å². The molecule has 0 saturated heterocycles. The van der Waals surface area contributed by atoms with Crippen molar-refractivity contribution < 1.29 is 220 Å². The molecule has 0 aliphatic heterocycles. The van der Waals surface area contributed by atoms with E-state index in [1.54, 1.807) is 0 Å². The zero-order chi connectivity index (χ0) is 86.2. The van der Waals surface area contributed by atoms with Gasteiger partial charge in [-0.3, -0.25) is 25.1 Å². The summed E-state index contributed by atoms with van der Waals surface area (Å²) in [5.74, 6) is -10.4. The monoisotopic (exact) mass is 1810 g/mol. The van der Waals surface area contributed by atoms with Gasteiger partial charge in [0.2, 0.25) is 0 Å². The number of sulfone groups is 1. The van der Waals surface area contributed by atoms with E-state index >= 15 is 0 Å². The Bertz CT molecular complexity index is 3740. The molecule has 0 aromatic rings. The van der Waals surface area contributed by atoms with Crippen LogP contribution in [-0.2, 0) is 111 Å². The van der Waals surface area contributed by atoms with E-state index in [1.807, 2.05) is 0 Å². The fourth-order valence-electron chi connectivity index (χ4n) is 12.9. The van der Waals surface area contributed by atoms with Crippen molar-refractivity contribution in [1.82, 2.24) is 0 Å². The first-order valence-electron chi connectivity index (χ1n) is 35.6. The molecular weight excluding hydrogens is 1710 g/mol. The van der Waals surface area contributed by atoms with Gasteiger partial charge in [0.05, 0.1) is 58.2 Å². The Balaban J connectivity index is 1.30. The van der Waals surface area contributed by atoms with Crippen molar-refractivity contribution in [3.8, 4) is 0 Å². The zero-order valence-electron chi connectivity index (χ0n) is 60.6. The fraction of sp³-hybridized carbons (Fsp3) is 1.00. The van der Waals surface area contributed by atoms with Gasteiger partial charge in [-0.15, -0.1) is 0 Å². The minimum Gasteiger partial charge on any atom is -0.390 e. The Labute approximate surface area is 654 Å². The number of hydrogen-bond donors (Lipinski definition) is 25. The van der Waals surface area contributed by atoms with Crippen molar-refractivity contribution in [2.75, 3.05) is 58.9 Å². The second-order valence-corrected chi connectivity index (χ2v) is 41.9. The number of unbranched alkanes of at least 4 members (excludes halogenated alkanes) is 12. The SMILES string of the molecule is COC1C(O)C(O)C(O)C(O)C(O)C(OS(=O)(=O)CCCCCCS(=O)(=O)OC2C(O)C(O)C(O)C(O)C(O)C(OS(=O)(=O)CCCCCCS(=O)(=O)CC3C(O)C(O)C(O)C(O)C(OS(=O)(=O)CCCCCCS(=O)(=O)OC4C(O)C(O)C(O)C(O)C(O)C(O)C4OS(=O)(=O)CCCCCCS(=O)O)C(O)C3O)C2O)C1O. The molecule has 4 fully saturated rings. The Kier molecular flexibility index (Phi) is 41.4. The van der Waals surface area contributed by atoms with Crippen molar-refractivity contribution in [2.45, 2.75) is 292 Å².